The van der Waals surface area contributed by atoms with E-state index in [4.69, 9.17) is 0 Å². The molecule has 0 saturated carbocycles. The predicted octanol–water partition coefficient (Wildman–Crippen LogP) is 4.78. The summed E-state index contributed by atoms with van der Waals surface area (Å²) < 4.78 is 0. The van der Waals surface area contributed by atoms with Crippen molar-refractivity contribution in [3.8, 4) is 0 Å². The van der Waals surface area contributed by atoms with E-state index in [0.717, 1.165) is 22.4 Å². The zero-order valence-corrected chi connectivity index (χ0v) is 13.4. The Morgan fingerprint density at radius 3 is 2.12 bits per heavy atom. The van der Waals surface area contributed by atoms with Gasteiger partial charge < -0.3 is 4.98 Å². The predicted molar refractivity (Wildman–Crippen MR) is 97.4 cm³/mol. The number of H-pyrrole nitrogens is 1. The average Bonchev–Trinajstić information content (AvgIpc) is 3.18. The number of nitrogens with one attached hydrogen (secondary N) is 1. The molecule has 0 spiro atoms. The topological polar surface area (TPSA) is 45.8 Å². The fraction of sp³-hybridized carbons (Fsp3) is 0.0476. The van der Waals surface area contributed by atoms with Gasteiger partial charge in [0, 0.05) is 5.56 Å². The van der Waals surface area contributed by atoms with Crippen molar-refractivity contribution in [2.24, 2.45) is 0 Å². The van der Waals surface area contributed by atoms with E-state index in [1.54, 1.807) is 18.6 Å². The van der Waals surface area contributed by atoms with E-state index in [2.05, 4.69) is 9.97 Å². The third kappa shape index (κ3) is 3.58. The highest BCUT2D eigenvalue weighted by molar-refractivity contribution is 6.07. The quantitative estimate of drug-likeness (QED) is 0.418. The fourth-order valence-corrected chi connectivity index (χ4v) is 2.52. The Bertz CT molecular complexity index is 861. The SMILES string of the molecule is C/C(=C(/C=C/C(=O)c1ccccc1)c1ccccc1)c1cnc[nH]1. The van der Waals surface area contributed by atoms with Crippen LogP contribution in [0.1, 0.15) is 28.5 Å². The van der Waals surface area contributed by atoms with Crippen LogP contribution in [0.2, 0.25) is 0 Å². The highest BCUT2D eigenvalue weighted by Crippen LogP contribution is 2.26. The molecule has 0 radical (unpaired) electrons. The van der Waals surface area contributed by atoms with Gasteiger partial charge in [0.1, 0.15) is 0 Å². The van der Waals surface area contributed by atoms with Crippen LogP contribution in [0.5, 0.6) is 0 Å². The number of rotatable bonds is 5. The number of aromatic nitrogens is 2. The van der Waals surface area contributed by atoms with Gasteiger partial charge in [-0.3, -0.25) is 4.79 Å². The monoisotopic (exact) mass is 314 g/mol. The number of carbonyl (C=O) groups is 1. The Morgan fingerprint density at radius 1 is 0.917 bits per heavy atom. The molecule has 0 bridgehead atoms. The normalized spacial score (nSPS) is 12.2. The molecule has 1 N–H and O–H groups in total. The standard InChI is InChI=1S/C21H18N2O/c1-16(20-14-22-15-23-20)19(17-8-4-2-5-9-17)12-13-21(24)18-10-6-3-7-11-18/h2-15H,1H3,(H,22,23)/b13-12+,19-16+. The number of aromatic amines is 1. The van der Waals surface area contributed by atoms with Crippen LogP contribution in [0.25, 0.3) is 11.1 Å². The Morgan fingerprint density at radius 2 is 1.54 bits per heavy atom. The molecule has 0 amide bonds. The number of nitrogens with zero attached hydrogens (tertiary/aromatic N) is 1. The number of benzene rings is 2. The number of allylic oxidation sites excluding steroid dienone is 4. The molecular weight excluding hydrogens is 296 g/mol. The summed E-state index contributed by atoms with van der Waals surface area (Å²) in [7, 11) is 0. The molecule has 24 heavy (non-hydrogen) atoms. The van der Waals surface area contributed by atoms with Gasteiger partial charge in [-0.25, -0.2) is 4.98 Å². The molecule has 2 aromatic carbocycles. The van der Waals surface area contributed by atoms with Crippen molar-refractivity contribution in [3.63, 3.8) is 0 Å². The van der Waals surface area contributed by atoms with Gasteiger partial charge in [-0.05, 0) is 29.7 Å². The van der Waals surface area contributed by atoms with E-state index in [0.29, 0.717) is 5.56 Å². The lowest BCUT2D eigenvalue weighted by atomic mass is 9.97. The van der Waals surface area contributed by atoms with Crippen LogP contribution in [-0.4, -0.2) is 15.8 Å². The van der Waals surface area contributed by atoms with Gasteiger partial charge in [-0.2, -0.15) is 0 Å². The molecule has 0 unspecified atom stereocenters. The highest BCUT2D eigenvalue weighted by Gasteiger charge is 2.07. The van der Waals surface area contributed by atoms with Gasteiger partial charge in [0.15, 0.2) is 5.78 Å². The number of hydrogen-bond donors (Lipinski definition) is 1. The van der Waals surface area contributed by atoms with Crippen molar-refractivity contribution in [1.29, 1.82) is 0 Å². The minimum absolute atomic E-state index is 0.0126. The molecule has 0 atom stereocenters. The molecule has 3 heteroatoms. The summed E-state index contributed by atoms with van der Waals surface area (Å²) in [5, 5.41) is 0. The Hall–Kier alpha value is -3.20. The molecule has 0 aliphatic heterocycles. The number of hydrogen-bond acceptors (Lipinski definition) is 2. The van der Waals surface area contributed by atoms with Gasteiger partial charge in [-0.15, -0.1) is 0 Å². The second-order valence-corrected chi connectivity index (χ2v) is 5.43. The molecule has 0 aliphatic rings. The summed E-state index contributed by atoms with van der Waals surface area (Å²) in [5.74, 6) is -0.0126. The lowest BCUT2D eigenvalue weighted by Gasteiger charge is -2.08. The molecule has 118 valence electrons. The van der Waals surface area contributed by atoms with Gasteiger partial charge in [0.05, 0.1) is 18.2 Å². The number of imidazole rings is 1. The van der Waals surface area contributed by atoms with E-state index < -0.39 is 0 Å². The largest absolute Gasteiger partial charge is 0.345 e. The lowest BCUT2D eigenvalue weighted by molar-refractivity contribution is 0.104. The van der Waals surface area contributed by atoms with E-state index in [-0.39, 0.29) is 5.78 Å². The maximum Gasteiger partial charge on any atom is 0.185 e. The van der Waals surface area contributed by atoms with Gasteiger partial charge in [0.2, 0.25) is 0 Å². The summed E-state index contributed by atoms with van der Waals surface area (Å²) in [6.07, 6.45) is 6.93. The second-order valence-electron chi connectivity index (χ2n) is 5.43. The van der Waals surface area contributed by atoms with E-state index in [9.17, 15) is 4.79 Å². The van der Waals surface area contributed by atoms with Crippen LogP contribution in [-0.2, 0) is 0 Å². The number of ketones is 1. The van der Waals surface area contributed by atoms with Crippen LogP contribution >= 0.6 is 0 Å². The van der Waals surface area contributed by atoms with Crippen LogP contribution in [0, 0.1) is 0 Å². The van der Waals surface area contributed by atoms with E-state index in [1.165, 1.54) is 0 Å². The summed E-state index contributed by atoms with van der Waals surface area (Å²) in [6.45, 7) is 2.02. The Labute approximate surface area is 141 Å². The van der Waals surface area contributed by atoms with Crippen LogP contribution in [0.4, 0.5) is 0 Å². The highest BCUT2D eigenvalue weighted by atomic mass is 16.1. The molecule has 0 fully saturated rings. The molecule has 0 saturated heterocycles. The van der Waals surface area contributed by atoms with Gasteiger partial charge in [-0.1, -0.05) is 66.7 Å². The van der Waals surface area contributed by atoms with Crippen molar-refractivity contribution < 1.29 is 4.79 Å². The zero-order valence-electron chi connectivity index (χ0n) is 13.4. The molecule has 3 aromatic rings. The average molecular weight is 314 g/mol. The van der Waals surface area contributed by atoms with Crippen LogP contribution in [0.15, 0.2) is 85.3 Å². The molecule has 1 aromatic heterocycles. The van der Waals surface area contributed by atoms with E-state index in [1.807, 2.05) is 73.7 Å². The zero-order chi connectivity index (χ0) is 16.8. The van der Waals surface area contributed by atoms with Crippen molar-refractivity contribution in [1.82, 2.24) is 9.97 Å². The van der Waals surface area contributed by atoms with Crippen molar-refractivity contribution in [2.75, 3.05) is 0 Å². The fourth-order valence-electron chi connectivity index (χ4n) is 2.52. The maximum absolute atomic E-state index is 12.4. The summed E-state index contributed by atoms with van der Waals surface area (Å²) in [4.78, 5) is 19.6. The Balaban J connectivity index is 1.99. The van der Waals surface area contributed by atoms with Crippen LogP contribution in [0.3, 0.4) is 0 Å². The van der Waals surface area contributed by atoms with E-state index >= 15 is 0 Å². The summed E-state index contributed by atoms with van der Waals surface area (Å²) in [6, 6.07) is 19.3. The number of carbonyl (C=O) groups excluding carboxylic acids is 1. The van der Waals surface area contributed by atoms with Crippen LogP contribution < -0.4 is 0 Å². The van der Waals surface area contributed by atoms with Gasteiger partial charge in [0.25, 0.3) is 0 Å². The third-order valence-corrected chi connectivity index (χ3v) is 3.85. The lowest BCUT2D eigenvalue weighted by Crippen LogP contribution is -1.94. The molecular formula is C21H18N2O. The summed E-state index contributed by atoms with van der Waals surface area (Å²) >= 11 is 0. The Kier molecular flexibility index (Phi) is 4.82. The minimum Gasteiger partial charge on any atom is -0.345 e. The molecule has 3 rings (SSSR count). The summed E-state index contributed by atoms with van der Waals surface area (Å²) in [5.41, 5.74) is 4.70. The first-order chi connectivity index (χ1) is 11.8. The second kappa shape index (κ2) is 7.38. The van der Waals surface area contributed by atoms with Crippen molar-refractivity contribution in [3.05, 3.63) is 102 Å². The van der Waals surface area contributed by atoms with Crippen molar-refractivity contribution >= 4 is 16.9 Å². The van der Waals surface area contributed by atoms with Crippen molar-refractivity contribution in [2.45, 2.75) is 6.92 Å². The molecule has 3 nitrogen and oxygen atoms in total. The third-order valence-electron chi connectivity index (χ3n) is 3.85. The first-order valence-corrected chi connectivity index (χ1v) is 7.78. The first kappa shape index (κ1) is 15.7. The molecule has 1 heterocycles. The molecule has 0 aliphatic carbocycles. The smallest absolute Gasteiger partial charge is 0.185 e. The van der Waals surface area contributed by atoms with Gasteiger partial charge >= 0.3 is 0 Å². The first-order valence-electron chi connectivity index (χ1n) is 7.78. The maximum atomic E-state index is 12.4. The minimum atomic E-state index is -0.0126.